The van der Waals surface area contributed by atoms with Gasteiger partial charge in [-0.2, -0.15) is 5.10 Å². The first-order valence-corrected chi connectivity index (χ1v) is 13.5. The number of sulfonamides is 1. The Balaban J connectivity index is 1.18. The molecule has 5 rings (SSSR count). The Hall–Kier alpha value is -4.79. The summed E-state index contributed by atoms with van der Waals surface area (Å²) in [4.78, 5) is 38.7. The number of nitrogens with one attached hydrogen (secondary N) is 5. The molecule has 0 unspecified atom stereocenters. The second-order valence-electron chi connectivity index (χ2n) is 8.65. The predicted octanol–water partition coefficient (Wildman–Crippen LogP) is 1.96. The highest BCUT2D eigenvalue weighted by Crippen LogP contribution is 2.31. The number of benzene rings is 3. The van der Waals surface area contributed by atoms with E-state index >= 15 is 0 Å². The van der Waals surface area contributed by atoms with Crippen molar-refractivity contribution in [2.75, 3.05) is 32.1 Å². The van der Waals surface area contributed by atoms with Crippen LogP contribution in [0.4, 0.5) is 5.69 Å². The summed E-state index contributed by atoms with van der Waals surface area (Å²) in [5.41, 5.74) is 3.48. The molecule has 0 saturated heterocycles. The minimum atomic E-state index is -3.88. The molecule has 0 atom stereocenters. The lowest BCUT2D eigenvalue weighted by atomic mass is 9.96. The number of hydrogen-bond donors (Lipinski definition) is 5. The number of para-hydroxylation sites is 1. The van der Waals surface area contributed by atoms with Gasteiger partial charge in [0.2, 0.25) is 15.9 Å². The Bertz CT molecular complexity index is 1890. The number of ether oxygens (including phenoxy) is 1. The summed E-state index contributed by atoms with van der Waals surface area (Å²) in [5, 5.41) is 13.2. The highest BCUT2D eigenvalue weighted by atomic mass is 32.2. The fraction of sp³-hybridized carbons (Fsp3) is 0.154. The van der Waals surface area contributed by atoms with Gasteiger partial charge in [-0.1, -0.05) is 24.3 Å². The van der Waals surface area contributed by atoms with Gasteiger partial charge >= 0.3 is 5.76 Å². The molecule has 2 aromatic heterocycles. The Morgan fingerprint density at radius 2 is 1.93 bits per heavy atom. The van der Waals surface area contributed by atoms with E-state index in [-0.39, 0.29) is 41.7 Å². The van der Waals surface area contributed by atoms with Crippen molar-refractivity contribution < 1.29 is 27.2 Å². The number of carbonyl (C=O) groups excluding carboxylic acids is 2. The number of oxazole rings is 1. The molecule has 13 nitrogen and oxygen atoms in total. The van der Waals surface area contributed by atoms with Crippen LogP contribution in [-0.4, -0.2) is 62.2 Å². The summed E-state index contributed by atoms with van der Waals surface area (Å²) < 4.78 is 37.6. The van der Waals surface area contributed by atoms with Crippen LogP contribution in [0.25, 0.3) is 33.1 Å². The average molecular weight is 565 g/mol. The van der Waals surface area contributed by atoms with E-state index in [9.17, 15) is 22.8 Å². The van der Waals surface area contributed by atoms with Crippen LogP contribution in [-0.2, 0) is 19.6 Å². The number of hydrogen-bond acceptors (Lipinski definition) is 8. The molecular weight excluding hydrogens is 540 g/mol. The molecule has 2 amide bonds. The highest BCUT2D eigenvalue weighted by Gasteiger charge is 2.17. The van der Waals surface area contributed by atoms with Gasteiger partial charge < -0.3 is 19.8 Å². The zero-order valence-corrected chi connectivity index (χ0v) is 21.9. The quantitative estimate of drug-likeness (QED) is 0.159. The molecule has 0 aliphatic carbocycles. The number of aromatic nitrogens is 3. The zero-order chi connectivity index (χ0) is 28.3. The van der Waals surface area contributed by atoms with Crippen LogP contribution >= 0.6 is 0 Å². The molecule has 2 heterocycles. The van der Waals surface area contributed by atoms with Gasteiger partial charge in [-0.05, 0) is 35.9 Å². The molecule has 40 heavy (non-hydrogen) atoms. The van der Waals surface area contributed by atoms with E-state index in [2.05, 4.69) is 30.5 Å². The monoisotopic (exact) mass is 564 g/mol. The van der Waals surface area contributed by atoms with Crippen molar-refractivity contribution in [2.24, 2.45) is 0 Å². The number of amides is 2. The maximum atomic E-state index is 12.7. The van der Waals surface area contributed by atoms with E-state index < -0.39 is 21.7 Å². The molecule has 0 aliphatic rings. The van der Waals surface area contributed by atoms with Crippen LogP contribution in [0.15, 0.2) is 74.9 Å². The minimum absolute atomic E-state index is 0.0612. The van der Waals surface area contributed by atoms with Gasteiger partial charge in [0.25, 0.3) is 5.91 Å². The van der Waals surface area contributed by atoms with Crippen LogP contribution in [0, 0.1) is 0 Å². The lowest BCUT2D eigenvalue weighted by molar-refractivity contribution is -0.120. The van der Waals surface area contributed by atoms with Crippen molar-refractivity contribution in [2.45, 2.75) is 4.90 Å². The standard InChI is InChI=1S/C26H24N6O7S/c1-27-25(34)20-11-16(5-7-18(20)19-4-2-3-15-13-28-32-24(15)19)30-23(33)14-38-10-9-29-40(36,37)17-6-8-22-21(12-17)31-26(35)39-22/h2-8,11-13,29H,9-10,14H2,1H3,(H,27,34)(H,28,32)(H,30,33)(H,31,35). The maximum Gasteiger partial charge on any atom is 0.417 e. The van der Waals surface area contributed by atoms with Crippen molar-refractivity contribution in [1.29, 1.82) is 0 Å². The van der Waals surface area contributed by atoms with E-state index in [0.717, 1.165) is 16.5 Å². The molecule has 0 spiro atoms. The Labute approximate surface area is 227 Å². The first-order valence-electron chi connectivity index (χ1n) is 12.0. The average Bonchev–Trinajstić information content (AvgIpc) is 3.57. The summed E-state index contributed by atoms with van der Waals surface area (Å²) in [6, 6.07) is 14.6. The molecule has 5 N–H and O–H groups in total. The SMILES string of the molecule is CNC(=O)c1cc(NC(=O)COCCNS(=O)(=O)c2ccc3oc(=O)[nH]c3c2)ccc1-c1cccc2cn[nH]c12. The largest absolute Gasteiger partial charge is 0.417 e. The van der Waals surface area contributed by atoms with Crippen molar-refractivity contribution in [3.63, 3.8) is 0 Å². The maximum absolute atomic E-state index is 12.7. The van der Waals surface area contributed by atoms with E-state index in [1.165, 1.54) is 25.2 Å². The van der Waals surface area contributed by atoms with E-state index in [0.29, 0.717) is 16.8 Å². The van der Waals surface area contributed by atoms with Gasteiger partial charge in [0.15, 0.2) is 5.58 Å². The molecule has 3 aromatic carbocycles. The van der Waals surface area contributed by atoms with Crippen LogP contribution in [0.2, 0.25) is 0 Å². The molecule has 0 fully saturated rings. The van der Waals surface area contributed by atoms with Crippen molar-refractivity contribution in [3.8, 4) is 11.1 Å². The number of fused-ring (bicyclic) bond motifs is 2. The van der Waals surface area contributed by atoms with Gasteiger partial charge in [-0.3, -0.25) is 19.7 Å². The number of nitrogens with zero attached hydrogens (tertiary/aromatic N) is 1. The fourth-order valence-corrected chi connectivity index (χ4v) is 5.20. The lowest BCUT2D eigenvalue weighted by Gasteiger charge is -2.13. The summed E-state index contributed by atoms with van der Waals surface area (Å²) in [7, 11) is -2.36. The third kappa shape index (κ3) is 5.63. The fourth-order valence-electron chi connectivity index (χ4n) is 4.16. The second-order valence-corrected chi connectivity index (χ2v) is 10.4. The van der Waals surface area contributed by atoms with E-state index in [1.54, 1.807) is 24.4 Å². The van der Waals surface area contributed by atoms with Crippen molar-refractivity contribution in [1.82, 2.24) is 25.2 Å². The number of aromatic amines is 2. The molecule has 206 valence electrons. The lowest BCUT2D eigenvalue weighted by Crippen LogP contribution is -2.29. The summed E-state index contributed by atoms with van der Waals surface area (Å²) in [5.74, 6) is -1.50. The Kier molecular flexibility index (Phi) is 7.46. The number of H-pyrrole nitrogens is 2. The second kappa shape index (κ2) is 11.1. The van der Waals surface area contributed by atoms with Gasteiger partial charge in [0.05, 0.1) is 28.7 Å². The first kappa shape index (κ1) is 26.8. The number of carbonyl (C=O) groups is 2. The Morgan fingerprint density at radius 3 is 2.75 bits per heavy atom. The summed E-state index contributed by atoms with van der Waals surface area (Å²) in [6.07, 6.45) is 1.70. The van der Waals surface area contributed by atoms with Crippen LogP contribution < -0.4 is 21.1 Å². The van der Waals surface area contributed by atoms with Crippen LogP contribution in [0.3, 0.4) is 0 Å². The van der Waals surface area contributed by atoms with Crippen LogP contribution in [0.5, 0.6) is 0 Å². The van der Waals surface area contributed by atoms with Gasteiger partial charge in [-0.25, -0.2) is 17.9 Å². The number of anilines is 1. The Morgan fingerprint density at radius 1 is 1.07 bits per heavy atom. The highest BCUT2D eigenvalue weighted by molar-refractivity contribution is 7.89. The normalized spacial score (nSPS) is 11.6. The predicted molar refractivity (Wildman–Crippen MR) is 146 cm³/mol. The van der Waals surface area contributed by atoms with Crippen LogP contribution in [0.1, 0.15) is 10.4 Å². The zero-order valence-electron chi connectivity index (χ0n) is 21.1. The summed E-state index contributed by atoms with van der Waals surface area (Å²) in [6.45, 7) is -0.507. The van der Waals surface area contributed by atoms with Gasteiger partial charge in [-0.15, -0.1) is 0 Å². The van der Waals surface area contributed by atoms with Crippen molar-refractivity contribution >= 4 is 49.5 Å². The van der Waals surface area contributed by atoms with Crippen molar-refractivity contribution in [3.05, 3.63) is 76.9 Å². The number of rotatable bonds is 10. The third-order valence-corrected chi connectivity index (χ3v) is 7.47. The smallest absolute Gasteiger partial charge is 0.408 e. The van der Waals surface area contributed by atoms with E-state index in [1.807, 2.05) is 18.2 Å². The topological polar surface area (TPSA) is 188 Å². The first-order chi connectivity index (χ1) is 19.2. The minimum Gasteiger partial charge on any atom is -0.408 e. The molecule has 14 heteroatoms. The summed E-state index contributed by atoms with van der Waals surface area (Å²) >= 11 is 0. The third-order valence-electron chi connectivity index (χ3n) is 6.01. The van der Waals surface area contributed by atoms with E-state index in [4.69, 9.17) is 9.15 Å². The molecular formula is C26H24N6O7S. The van der Waals surface area contributed by atoms with Gasteiger partial charge in [0, 0.05) is 35.8 Å². The molecule has 0 bridgehead atoms. The van der Waals surface area contributed by atoms with Gasteiger partial charge in [0.1, 0.15) is 6.61 Å². The molecule has 0 radical (unpaired) electrons. The molecule has 0 aliphatic heterocycles. The molecule has 0 saturated carbocycles. The molecule has 5 aromatic rings.